The Hall–Kier alpha value is -1.93. The fourth-order valence-electron chi connectivity index (χ4n) is 2.49. The molecule has 6 nitrogen and oxygen atoms in total. The molecule has 0 atom stereocenters. The first-order valence-electron chi connectivity index (χ1n) is 7.72. The summed E-state index contributed by atoms with van der Waals surface area (Å²) in [5.74, 6) is -0.402. The molecule has 2 aromatic rings. The molecule has 132 valence electrons. The molecule has 0 aliphatic carbocycles. The van der Waals surface area contributed by atoms with E-state index in [9.17, 15) is 13.2 Å². The van der Waals surface area contributed by atoms with E-state index < -0.39 is 15.9 Å². The Labute approximate surface area is 151 Å². The summed E-state index contributed by atoms with van der Waals surface area (Å²) in [5.41, 5.74) is 0.847. The van der Waals surface area contributed by atoms with Gasteiger partial charge in [0.25, 0.3) is 5.91 Å². The summed E-state index contributed by atoms with van der Waals surface area (Å²) < 4.78 is 32.1. The summed E-state index contributed by atoms with van der Waals surface area (Å²) in [6.45, 7) is 1.20. The largest absolute Gasteiger partial charge is 0.379 e. The third-order valence-electron chi connectivity index (χ3n) is 3.81. The highest BCUT2D eigenvalue weighted by molar-refractivity contribution is 7.89. The number of benzene rings is 2. The van der Waals surface area contributed by atoms with Gasteiger partial charge in [0.1, 0.15) is 4.90 Å². The van der Waals surface area contributed by atoms with Crippen LogP contribution in [0.1, 0.15) is 10.4 Å². The van der Waals surface area contributed by atoms with Gasteiger partial charge in [-0.1, -0.05) is 29.8 Å². The van der Waals surface area contributed by atoms with Crippen LogP contribution in [0.25, 0.3) is 0 Å². The molecule has 2 aromatic carbocycles. The molecular weight excluding hydrogens is 364 g/mol. The lowest BCUT2D eigenvalue weighted by Crippen LogP contribution is -2.40. The van der Waals surface area contributed by atoms with Gasteiger partial charge in [-0.2, -0.15) is 4.31 Å². The van der Waals surface area contributed by atoms with Crippen molar-refractivity contribution in [2.75, 3.05) is 31.6 Å². The van der Waals surface area contributed by atoms with Crippen molar-refractivity contribution in [3.8, 4) is 0 Å². The lowest BCUT2D eigenvalue weighted by Gasteiger charge is -2.26. The lowest BCUT2D eigenvalue weighted by atomic mass is 10.2. The summed E-state index contributed by atoms with van der Waals surface area (Å²) in [6.07, 6.45) is 0. The number of hydrogen-bond acceptors (Lipinski definition) is 4. The first kappa shape index (κ1) is 17.9. The minimum atomic E-state index is -3.78. The molecule has 1 fully saturated rings. The highest BCUT2D eigenvalue weighted by atomic mass is 35.5. The zero-order valence-electron chi connectivity index (χ0n) is 13.3. The van der Waals surface area contributed by atoms with E-state index in [1.165, 1.54) is 22.5 Å². The Bertz CT molecular complexity index is 865. The van der Waals surface area contributed by atoms with E-state index in [0.717, 1.165) is 0 Å². The zero-order valence-corrected chi connectivity index (χ0v) is 14.9. The Kier molecular flexibility index (Phi) is 5.39. The van der Waals surface area contributed by atoms with E-state index in [-0.39, 0.29) is 28.6 Å². The van der Waals surface area contributed by atoms with Crippen LogP contribution in [-0.2, 0) is 14.8 Å². The van der Waals surface area contributed by atoms with Gasteiger partial charge in [-0.25, -0.2) is 8.42 Å². The topological polar surface area (TPSA) is 75.7 Å². The van der Waals surface area contributed by atoms with Crippen LogP contribution in [0.5, 0.6) is 0 Å². The van der Waals surface area contributed by atoms with Gasteiger partial charge in [-0.15, -0.1) is 0 Å². The first-order valence-corrected chi connectivity index (χ1v) is 9.54. The molecule has 0 spiro atoms. The SMILES string of the molecule is O=C(Nc1ccccc1)c1ccc(Cl)c(S(=O)(=O)N2CCOCC2)c1. The summed E-state index contributed by atoms with van der Waals surface area (Å²) in [7, 11) is -3.78. The number of para-hydroxylation sites is 1. The molecule has 0 saturated carbocycles. The van der Waals surface area contributed by atoms with Crippen LogP contribution in [0.4, 0.5) is 5.69 Å². The van der Waals surface area contributed by atoms with Crippen LogP contribution in [0.2, 0.25) is 5.02 Å². The van der Waals surface area contributed by atoms with Gasteiger partial charge in [0.15, 0.2) is 0 Å². The monoisotopic (exact) mass is 380 g/mol. The molecule has 25 heavy (non-hydrogen) atoms. The lowest BCUT2D eigenvalue weighted by molar-refractivity contribution is 0.0730. The molecule has 0 bridgehead atoms. The number of halogens is 1. The number of amides is 1. The quantitative estimate of drug-likeness (QED) is 0.884. The maximum absolute atomic E-state index is 12.8. The molecule has 0 unspecified atom stereocenters. The fraction of sp³-hybridized carbons (Fsp3) is 0.235. The number of nitrogens with zero attached hydrogens (tertiary/aromatic N) is 1. The second-order valence-corrected chi connectivity index (χ2v) is 7.80. The van der Waals surface area contributed by atoms with E-state index in [4.69, 9.17) is 16.3 Å². The Balaban J connectivity index is 1.88. The molecule has 1 saturated heterocycles. The van der Waals surface area contributed by atoms with Crippen LogP contribution in [0, 0.1) is 0 Å². The van der Waals surface area contributed by atoms with Gasteiger partial charge in [-0.3, -0.25) is 4.79 Å². The summed E-state index contributed by atoms with van der Waals surface area (Å²) in [5, 5.41) is 2.81. The Morgan fingerprint density at radius 2 is 1.76 bits per heavy atom. The number of anilines is 1. The van der Waals surface area contributed by atoms with Gasteiger partial charge < -0.3 is 10.1 Å². The molecule has 1 aliphatic heterocycles. The molecule has 8 heteroatoms. The van der Waals surface area contributed by atoms with Crippen LogP contribution in [0.15, 0.2) is 53.4 Å². The first-order chi connectivity index (χ1) is 12.0. The van der Waals surface area contributed by atoms with E-state index in [1.807, 2.05) is 6.07 Å². The maximum Gasteiger partial charge on any atom is 0.255 e. The van der Waals surface area contributed by atoms with Crippen LogP contribution in [0.3, 0.4) is 0 Å². The van der Waals surface area contributed by atoms with E-state index >= 15 is 0 Å². The number of nitrogens with one attached hydrogen (secondary N) is 1. The smallest absolute Gasteiger partial charge is 0.255 e. The summed E-state index contributed by atoms with van der Waals surface area (Å²) in [6, 6.07) is 13.2. The van der Waals surface area contributed by atoms with Gasteiger partial charge in [0.2, 0.25) is 10.0 Å². The predicted molar refractivity (Wildman–Crippen MR) is 95.4 cm³/mol. The Morgan fingerprint density at radius 3 is 2.44 bits per heavy atom. The molecule has 0 aromatic heterocycles. The van der Waals surface area contributed by atoms with Gasteiger partial charge in [0.05, 0.1) is 18.2 Å². The van der Waals surface area contributed by atoms with Crippen LogP contribution < -0.4 is 5.32 Å². The normalized spacial score (nSPS) is 15.7. The molecule has 1 aliphatic rings. The number of morpholine rings is 1. The third-order valence-corrected chi connectivity index (χ3v) is 6.19. The summed E-state index contributed by atoms with van der Waals surface area (Å²) in [4.78, 5) is 12.3. The van der Waals surface area contributed by atoms with Crippen molar-refractivity contribution in [3.05, 3.63) is 59.1 Å². The molecule has 1 amide bonds. The predicted octanol–water partition coefficient (Wildman–Crippen LogP) is 2.61. The fourth-order valence-corrected chi connectivity index (χ4v) is 4.40. The molecule has 1 N–H and O–H groups in total. The number of rotatable bonds is 4. The number of sulfonamides is 1. The highest BCUT2D eigenvalue weighted by Crippen LogP contribution is 2.27. The molecular formula is C17H17ClN2O4S. The van der Waals surface area contributed by atoms with Gasteiger partial charge in [-0.05, 0) is 30.3 Å². The average Bonchev–Trinajstić information content (AvgIpc) is 2.63. The van der Waals surface area contributed by atoms with Crippen molar-refractivity contribution in [1.29, 1.82) is 0 Å². The number of carbonyl (C=O) groups excluding carboxylic acids is 1. The second-order valence-electron chi connectivity index (χ2n) is 5.48. The number of hydrogen-bond donors (Lipinski definition) is 1. The number of carbonyl (C=O) groups is 1. The zero-order chi connectivity index (χ0) is 17.9. The summed E-state index contributed by atoms with van der Waals surface area (Å²) >= 11 is 6.10. The van der Waals surface area contributed by atoms with Crippen LogP contribution >= 0.6 is 11.6 Å². The molecule has 3 rings (SSSR count). The van der Waals surface area contributed by atoms with Crippen molar-refractivity contribution < 1.29 is 17.9 Å². The van der Waals surface area contributed by atoms with E-state index in [0.29, 0.717) is 18.9 Å². The minimum absolute atomic E-state index is 0.0724. The highest BCUT2D eigenvalue weighted by Gasteiger charge is 2.29. The van der Waals surface area contributed by atoms with Crippen molar-refractivity contribution in [2.24, 2.45) is 0 Å². The van der Waals surface area contributed by atoms with E-state index in [1.54, 1.807) is 24.3 Å². The van der Waals surface area contributed by atoms with Crippen molar-refractivity contribution in [2.45, 2.75) is 4.90 Å². The van der Waals surface area contributed by atoms with Gasteiger partial charge in [0, 0.05) is 24.3 Å². The van der Waals surface area contributed by atoms with E-state index in [2.05, 4.69) is 5.32 Å². The Morgan fingerprint density at radius 1 is 1.08 bits per heavy atom. The molecule has 1 heterocycles. The maximum atomic E-state index is 12.8. The average molecular weight is 381 g/mol. The van der Waals surface area contributed by atoms with Gasteiger partial charge >= 0.3 is 0 Å². The van der Waals surface area contributed by atoms with Crippen LogP contribution in [-0.4, -0.2) is 44.9 Å². The molecule has 0 radical (unpaired) electrons. The van der Waals surface area contributed by atoms with Crippen molar-refractivity contribution in [3.63, 3.8) is 0 Å². The number of ether oxygens (including phenoxy) is 1. The standard InChI is InChI=1S/C17H17ClN2O4S/c18-15-7-6-13(17(21)19-14-4-2-1-3-5-14)12-16(15)25(22,23)20-8-10-24-11-9-20/h1-7,12H,8-11H2,(H,19,21). The third kappa shape index (κ3) is 4.01. The van der Waals surface area contributed by atoms with Crippen molar-refractivity contribution in [1.82, 2.24) is 4.31 Å². The minimum Gasteiger partial charge on any atom is -0.379 e. The van der Waals surface area contributed by atoms with Crippen molar-refractivity contribution >= 4 is 33.2 Å². The second kappa shape index (κ2) is 7.53.